The van der Waals surface area contributed by atoms with E-state index in [1.54, 1.807) is 0 Å². The minimum Gasteiger partial charge on any atom is -0.395 e. The number of rotatable bonds is 4. The summed E-state index contributed by atoms with van der Waals surface area (Å²) in [5.74, 6) is 0.447. The number of aromatic nitrogens is 2. The summed E-state index contributed by atoms with van der Waals surface area (Å²) in [7, 11) is 0. The summed E-state index contributed by atoms with van der Waals surface area (Å²) in [6, 6.07) is 17.2. The molecule has 0 aliphatic rings. The number of benzene rings is 2. The van der Waals surface area contributed by atoms with E-state index in [2.05, 4.69) is 4.98 Å². The zero-order valence-corrected chi connectivity index (χ0v) is 14.7. The van der Waals surface area contributed by atoms with Gasteiger partial charge >= 0.3 is 0 Å². The van der Waals surface area contributed by atoms with Gasteiger partial charge in [0.2, 0.25) is 0 Å². The standard InChI is InChI=1S/C21H19N3O2/c1-14-5-3-7-16(11-14)19-18(13-22)21(26)24(9-10-25)20(23-19)17-8-4-6-15(2)12-17/h3-8,11-12,25H,9-10H2,1-2H3. The highest BCUT2D eigenvalue weighted by Crippen LogP contribution is 2.25. The molecule has 0 radical (unpaired) electrons. The van der Waals surface area contributed by atoms with Gasteiger partial charge in [0, 0.05) is 11.1 Å². The summed E-state index contributed by atoms with van der Waals surface area (Å²) in [5.41, 5.74) is 3.47. The first-order valence-corrected chi connectivity index (χ1v) is 8.35. The van der Waals surface area contributed by atoms with Crippen LogP contribution in [0.1, 0.15) is 16.7 Å². The van der Waals surface area contributed by atoms with Gasteiger partial charge in [-0.1, -0.05) is 47.5 Å². The number of hydrogen-bond donors (Lipinski definition) is 1. The fourth-order valence-corrected chi connectivity index (χ4v) is 2.97. The van der Waals surface area contributed by atoms with Crippen LogP contribution in [0.2, 0.25) is 0 Å². The van der Waals surface area contributed by atoms with Crippen molar-refractivity contribution < 1.29 is 5.11 Å². The molecule has 3 rings (SSSR count). The van der Waals surface area contributed by atoms with Gasteiger partial charge in [0.05, 0.1) is 18.8 Å². The van der Waals surface area contributed by atoms with Crippen molar-refractivity contribution >= 4 is 0 Å². The summed E-state index contributed by atoms with van der Waals surface area (Å²) in [5, 5.41) is 18.9. The molecule has 0 aliphatic carbocycles. The number of nitrogens with zero attached hydrogens (tertiary/aromatic N) is 3. The Labute approximate surface area is 151 Å². The van der Waals surface area contributed by atoms with Crippen LogP contribution in [0, 0.1) is 25.2 Å². The summed E-state index contributed by atoms with van der Waals surface area (Å²) in [6.45, 7) is 3.78. The molecule has 0 saturated carbocycles. The van der Waals surface area contributed by atoms with Crippen LogP contribution in [0.4, 0.5) is 0 Å². The highest BCUT2D eigenvalue weighted by Gasteiger charge is 2.19. The molecule has 0 saturated heterocycles. The van der Waals surface area contributed by atoms with Crippen molar-refractivity contribution in [3.05, 3.63) is 75.6 Å². The van der Waals surface area contributed by atoms with Gasteiger partial charge in [-0.25, -0.2) is 4.98 Å². The van der Waals surface area contributed by atoms with E-state index in [1.165, 1.54) is 4.57 Å². The fourth-order valence-electron chi connectivity index (χ4n) is 2.97. The second-order valence-electron chi connectivity index (χ2n) is 6.19. The van der Waals surface area contributed by atoms with Gasteiger partial charge in [-0.05, 0) is 26.0 Å². The van der Waals surface area contributed by atoms with Crippen molar-refractivity contribution in [2.45, 2.75) is 20.4 Å². The maximum Gasteiger partial charge on any atom is 0.272 e. The lowest BCUT2D eigenvalue weighted by molar-refractivity contribution is 0.274. The van der Waals surface area contributed by atoms with Gasteiger partial charge in [0.25, 0.3) is 5.56 Å². The first-order chi connectivity index (χ1) is 12.5. The zero-order chi connectivity index (χ0) is 18.7. The van der Waals surface area contributed by atoms with Gasteiger partial charge < -0.3 is 5.11 Å². The monoisotopic (exact) mass is 345 g/mol. The van der Waals surface area contributed by atoms with Gasteiger partial charge in [0.15, 0.2) is 0 Å². The molecule has 0 amide bonds. The van der Waals surface area contributed by atoms with E-state index in [0.29, 0.717) is 11.5 Å². The Balaban J connectivity index is 2.36. The molecular weight excluding hydrogens is 326 g/mol. The lowest BCUT2D eigenvalue weighted by Gasteiger charge is -2.15. The van der Waals surface area contributed by atoms with Crippen LogP contribution in [0.5, 0.6) is 0 Å². The zero-order valence-electron chi connectivity index (χ0n) is 14.7. The van der Waals surface area contributed by atoms with Crippen molar-refractivity contribution in [3.8, 4) is 28.7 Å². The van der Waals surface area contributed by atoms with E-state index < -0.39 is 5.56 Å². The number of hydrogen-bond acceptors (Lipinski definition) is 4. The average molecular weight is 345 g/mol. The normalized spacial score (nSPS) is 10.5. The van der Waals surface area contributed by atoms with Crippen LogP contribution < -0.4 is 5.56 Å². The molecule has 0 bridgehead atoms. The van der Waals surface area contributed by atoms with Crippen LogP contribution in [0.15, 0.2) is 53.3 Å². The first-order valence-electron chi connectivity index (χ1n) is 8.35. The van der Waals surface area contributed by atoms with Crippen molar-refractivity contribution in [1.29, 1.82) is 5.26 Å². The molecule has 3 aromatic rings. The molecule has 26 heavy (non-hydrogen) atoms. The van der Waals surface area contributed by atoms with E-state index in [4.69, 9.17) is 0 Å². The molecule has 0 spiro atoms. The average Bonchev–Trinajstić information content (AvgIpc) is 2.63. The third kappa shape index (κ3) is 3.28. The third-order valence-electron chi connectivity index (χ3n) is 4.17. The Bertz CT molecular complexity index is 1060. The highest BCUT2D eigenvalue weighted by atomic mass is 16.3. The Morgan fingerprint density at radius 3 is 2.27 bits per heavy atom. The molecule has 1 heterocycles. The summed E-state index contributed by atoms with van der Waals surface area (Å²) >= 11 is 0. The molecule has 1 aromatic heterocycles. The maximum atomic E-state index is 12.9. The van der Waals surface area contributed by atoms with Crippen molar-refractivity contribution in [1.82, 2.24) is 9.55 Å². The van der Waals surface area contributed by atoms with Gasteiger partial charge in [0.1, 0.15) is 17.5 Å². The van der Waals surface area contributed by atoms with Gasteiger partial charge in [-0.2, -0.15) is 5.26 Å². The number of nitriles is 1. The SMILES string of the molecule is Cc1cccc(-c2nc(-c3cccc(C)c3)n(CCO)c(=O)c2C#N)c1. The Morgan fingerprint density at radius 1 is 1.08 bits per heavy atom. The minimum atomic E-state index is -0.440. The molecule has 0 aliphatic heterocycles. The van der Waals surface area contributed by atoms with E-state index >= 15 is 0 Å². The molecule has 1 N–H and O–H groups in total. The Hall–Kier alpha value is -3.23. The molecule has 130 valence electrons. The van der Waals surface area contributed by atoms with Gasteiger partial charge in [-0.15, -0.1) is 0 Å². The second kappa shape index (κ2) is 7.34. The Kier molecular flexibility index (Phi) is 4.97. The lowest BCUT2D eigenvalue weighted by atomic mass is 10.0. The Morgan fingerprint density at radius 2 is 1.69 bits per heavy atom. The molecule has 5 nitrogen and oxygen atoms in total. The van der Waals surface area contributed by atoms with Crippen LogP contribution in [-0.2, 0) is 6.54 Å². The molecule has 0 unspecified atom stereocenters. The summed E-state index contributed by atoms with van der Waals surface area (Å²) < 4.78 is 1.37. The van der Waals surface area contributed by atoms with Crippen molar-refractivity contribution in [2.24, 2.45) is 0 Å². The third-order valence-corrected chi connectivity index (χ3v) is 4.17. The van der Waals surface area contributed by atoms with Crippen molar-refractivity contribution in [3.63, 3.8) is 0 Å². The topological polar surface area (TPSA) is 78.9 Å². The summed E-state index contributed by atoms with van der Waals surface area (Å²) in [6.07, 6.45) is 0. The largest absolute Gasteiger partial charge is 0.395 e. The van der Waals surface area contributed by atoms with Crippen LogP contribution in [-0.4, -0.2) is 21.3 Å². The number of aryl methyl sites for hydroxylation is 2. The van der Waals surface area contributed by atoms with E-state index in [1.807, 2.05) is 68.4 Å². The molecule has 0 fully saturated rings. The minimum absolute atomic E-state index is 0.0135. The smallest absolute Gasteiger partial charge is 0.272 e. The number of aliphatic hydroxyl groups excluding tert-OH is 1. The molecular formula is C21H19N3O2. The second-order valence-corrected chi connectivity index (χ2v) is 6.19. The predicted molar refractivity (Wildman–Crippen MR) is 101 cm³/mol. The highest BCUT2D eigenvalue weighted by molar-refractivity contribution is 5.70. The molecule has 0 atom stereocenters. The van der Waals surface area contributed by atoms with E-state index in [-0.39, 0.29) is 18.7 Å². The summed E-state index contributed by atoms with van der Waals surface area (Å²) in [4.78, 5) is 17.6. The van der Waals surface area contributed by atoms with Crippen LogP contribution in [0.25, 0.3) is 22.6 Å². The first kappa shape index (κ1) is 17.6. The molecule has 5 heteroatoms. The van der Waals surface area contributed by atoms with Gasteiger partial charge in [-0.3, -0.25) is 9.36 Å². The van der Waals surface area contributed by atoms with E-state index in [0.717, 1.165) is 22.3 Å². The quantitative estimate of drug-likeness (QED) is 0.788. The number of aliphatic hydroxyl groups is 1. The maximum absolute atomic E-state index is 12.9. The van der Waals surface area contributed by atoms with Crippen LogP contribution in [0.3, 0.4) is 0 Å². The van der Waals surface area contributed by atoms with Crippen molar-refractivity contribution in [2.75, 3.05) is 6.61 Å². The lowest BCUT2D eigenvalue weighted by Crippen LogP contribution is -2.28. The van der Waals surface area contributed by atoms with Crippen LogP contribution >= 0.6 is 0 Å². The van der Waals surface area contributed by atoms with E-state index in [9.17, 15) is 15.2 Å². The fraction of sp³-hybridized carbons (Fsp3) is 0.190. The molecule has 2 aromatic carbocycles. The predicted octanol–water partition coefficient (Wildman–Crippen LogP) is 3.06.